The van der Waals surface area contributed by atoms with E-state index in [2.05, 4.69) is 23.4 Å². The third-order valence-corrected chi connectivity index (χ3v) is 2.14. The zero-order valence-corrected chi connectivity index (χ0v) is 7.46. The van der Waals surface area contributed by atoms with Gasteiger partial charge in [0.05, 0.1) is 0 Å². The number of hydrogen-bond acceptors (Lipinski definition) is 2. The summed E-state index contributed by atoms with van der Waals surface area (Å²) in [6.45, 7) is 2.07. The molecule has 0 aliphatic carbocycles. The Morgan fingerprint density at radius 1 is 1.31 bits per heavy atom. The number of hydrogen-bond donors (Lipinski definition) is 2. The number of para-hydroxylation sites is 1. The number of benzene rings is 1. The molecule has 2 aromatic rings. The second-order valence-electron chi connectivity index (χ2n) is 3.06. The molecule has 1 aromatic heterocycles. The Morgan fingerprint density at radius 2 is 2.08 bits per heavy atom. The van der Waals surface area contributed by atoms with Crippen molar-refractivity contribution in [2.24, 2.45) is 5.84 Å². The molecule has 0 aliphatic rings. The van der Waals surface area contributed by atoms with E-state index in [4.69, 9.17) is 5.84 Å². The molecule has 13 heavy (non-hydrogen) atoms. The lowest BCUT2D eigenvalue weighted by Crippen LogP contribution is -2.18. The van der Waals surface area contributed by atoms with Gasteiger partial charge < -0.3 is 0 Å². The van der Waals surface area contributed by atoms with Crippen LogP contribution in [0.15, 0.2) is 30.3 Å². The maximum absolute atomic E-state index is 5.33. The molecule has 0 spiro atoms. The first-order chi connectivity index (χ1) is 6.31. The van der Waals surface area contributed by atoms with Crippen molar-refractivity contribution in [1.29, 1.82) is 0 Å². The molecule has 3 heteroatoms. The summed E-state index contributed by atoms with van der Waals surface area (Å²) in [5.41, 5.74) is 4.91. The number of rotatable bonds is 1. The Balaban J connectivity index is 2.77. The van der Waals surface area contributed by atoms with E-state index in [0.29, 0.717) is 0 Å². The van der Waals surface area contributed by atoms with Gasteiger partial charge in [-0.05, 0) is 18.6 Å². The van der Waals surface area contributed by atoms with Crippen LogP contribution in [0, 0.1) is 6.92 Å². The van der Waals surface area contributed by atoms with Crippen molar-refractivity contribution in [2.45, 2.75) is 6.92 Å². The zero-order chi connectivity index (χ0) is 9.26. The molecule has 0 amide bonds. The monoisotopic (exact) mass is 174 g/mol. The van der Waals surface area contributed by atoms with Crippen LogP contribution in [0.2, 0.25) is 0 Å². The van der Waals surface area contributed by atoms with E-state index < -0.39 is 0 Å². The molecule has 0 radical (unpaired) electrons. The van der Waals surface area contributed by atoms with Crippen LogP contribution in [0.4, 0.5) is 5.82 Å². The Morgan fingerprint density at radius 3 is 2.85 bits per heavy atom. The van der Waals surface area contributed by atoms with Crippen LogP contribution >= 0.6 is 0 Å². The molecular formula is C10H12N3+. The van der Waals surface area contributed by atoms with Crippen LogP contribution in [-0.4, -0.2) is 0 Å². The Kier molecular flexibility index (Phi) is 1.87. The smallest absolute Gasteiger partial charge is 0.239 e. The van der Waals surface area contributed by atoms with Crippen LogP contribution in [0.3, 0.4) is 0 Å². The lowest BCUT2D eigenvalue weighted by Gasteiger charge is -1.99. The van der Waals surface area contributed by atoms with Crippen LogP contribution in [0.1, 0.15) is 5.56 Å². The van der Waals surface area contributed by atoms with E-state index in [1.54, 1.807) is 0 Å². The maximum atomic E-state index is 5.33. The minimum absolute atomic E-state index is 0.830. The number of hydrazine groups is 1. The highest BCUT2D eigenvalue weighted by atomic mass is 15.2. The Labute approximate surface area is 76.6 Å². The van der Waals surface area contributed by atoms with Gasteiger partial charge in [-0.15, -0.1) is 0 Å². The molecule has 0 aliphatic heterocycles. The van der Waals surface area contributed by atoms with Crippen molar-refractivity contribution in [2.75, 3.05) is 5.43 Å². The second-order valence-corrected chi connectivity index (χ2v) is 3.06. The van der Waals surface area contributed by atoms with Crippen molar-refractivity contribution in [1.82, 2.24) is 0 Å². The summed E-state index contributed by atoms with van der Waals surface area (Å²) < 4.78 is 0. The van der Waals surface area contributed by atoms with Crippen LogP contribution in [0.5, 0.6) is 0 Å². The second kappa shape index (κ2) is 3.03. The summed E-state index contributed by atoms with van der Waals surface area (Å²) in [4.78, 5) is 3.18. The van der Waals surface area contributed by atoms with E-state index in [1.807, 2.05) is 24.3 Å². The molecule has 0 saturated carbocycles. The number of nitrogens with two attached hydrogens (primary N) is 1. The Hall–Kier alpha value is -1.61. The average molecular weight is 174 g/mol. The molecule has 1 heterocycles. The maximum Gasteiger partial charge on any atom is 0.290 e. The van der Waals surface area contributed by atoms with Crippen LogP contribution in [0.25, 0.3) is 10.9 Å². The van der Waals surface area contributed by atoms with Gasteiger partial charge in [0.25, 0.3) is 5.82 Å². The summed E-state index contributed by atoms with van der Waals surface area (Å²) >= 11 is 0. The largest absolute Gasteiger partial charge is 0.290 e. The van der Waals surface area contributed by atoms with E-state index in [-0.39, 0.29) is 0 Å². The van der Waals surface area contributed by atoms with Crippen molar-refractivity contribution in [3.05, 3.63) is 35.9 Å². The van der Waals surface area contributed by atoms with E-state index in [0.717, 1.165) is 11.3 Å². The SMILES string of the molecule is Cc1cc(NN)[nH+]c2ccccc12. The summed E-state index contributed by atoms with van der Waals surface area (Å²) in [5.74, 6) is 6.16. The van der Waals surface area contributed by atoms with Gasteiger partial charge in [-0.2, -0.15) is 11.3 Å². The fourth-order valence-corrected chi connectivity index (χ4v) is 1.49. The highest BCUT2D eigenvalue weighted by Crippen LogP contribution is 2.15. The highest BCUT2D eigenvalue weighted by molar-refractivity contribution is 5.79. The molecule has 2 rings (SSSR count). The quantitative estimate of drug-likeness (QED) is 0.505. The van der Waals surface area contributed by atoms with Gasteiger partial charge in [-0.25, -0.2) is 4.98 Å². The minimum atomic E-state index is 0.830. The van der Waals surface area contributed by atoms with Gasteiger partial charge in [-0.1, -0.05) is 18.2 Å². The molecule has 0 atom stereocenters. The van der Waals surface area contributed by atoms with E-state index in [9.17, 15) is 0 Å². The predicted octanol–water partition coefficient (Wildman–Crippen LogP) is 1.25. The number of nitrogen functional groups attached to an aromatic ring is 1. The zero-order valence-electron chi connectivity index (χ0n) is 7.46. The average Bonchev–Trinajstić information content (AvgIpc) is 2.18. The molecule has 0 fully saturated rings. The Bertz CT molecular complexity index is 437. The third-order valence-electron chi connectivity index (χ3n) is 2.14. The van der Waals surface area contributed by atoms with Crippen molar-refractivity contribution in [3.8, 4) is 0 Å². The van der Waals surface area contributed by atoms with Crippen molar-refractivity contribution >= 4 is 16.7 Å². The molecule has 0 unspecified atom stereocenters. The van der Waals surface area contributed by atoms with Crippen LogP contribution < -0.4 is 16.3 Å². The van der Waals surface area contributed by atoms with Gasteiger partial charge in [0.2, 0.25) is 0 Å². The number of pyridine rings is 1. The number of aromatic amines is 1. The molecule has 1 aromatic carbocycles. The van der Waals surface area contributed by atoms with E-state index >= 15 is 0 Å². The predicted molar refractivity (Wildman–Crippen MR) is 53.1 cm³/mol. The number of anilines is 1. The van der Waals surface area contributed by atoms with Crippen LogP contribution in [-0.2, 0) is 0 Å². The molecule has 66 valence electrons. The molecule has 3 nitrogen and oxygen atoms in total. The standard InChI is InChI=1S/C10H11N3/c1-7-6-10(13-11)12-9-5-3-2-4-8(7)9/h2-6H,11H2,1H3,(H,12,13)/p+1. The normalized spacial score (nSPS) is 10.3. The van der Waals surface area contributed by atoms with Crippen molar-refractivity contribution in [3.63, 3.8) is 0 Å². The van der Waals surface area contributed by atoms with Gasteiger partial charge in [0.1, 0.15) is 5.52 Å². The van der Waals surface area contributed by atoms with Gasteiger partial charge >= 0.3 is 0 Å². The van der Waals surface area contributed by atoms with Gasteiger partial charge in [-0.3, -0.25) is 0 Å². The number of H-pyrrole nitrogens is 1. The van der Waals surface area contributed by atoms with Crippen molar-refractivity contribution < 1.29 is 4.98 Å². The number of fused-ring (bicyclic) bond motifs is 1. The highest BCUT2D eigenvalue weighted by Gasteiger charge is 2.04. The minimum Gasteiger partial charge on any atom is -0.239 e. The first kappa shape index (κ1) is 8.01. The number of aryl methyl sites for hydroxylation is 1. The number of aromatic nitrogens is 1. The molecule has 4 N–H and O–H groups in total. The topological polar surface area (TPSA) is 52.2 Å². The molecule has 0 bridgehead atoms. The first-order valence-electron chi connectivity index (χ1n) is 4.19. The summed E-state index contributed by atoms with van der Waals surface area (Å²) in [6.07, 6.45) is 0. The molecule has 0 saturated heterocycles. The fraction of sp³-hybridized carbons (Fsp3) is 0.100. The lowest BCUT2D eigenvalue weighted by atomic mass is 10.1. The summed E-state index contributed by atoms with van der Waals surface area (Å²) in [7, 11) is 0. The van der Waals surface area contributed by atoms with E-state index in [1.165, 1.54) is 10.9 Å². The van der Waals surface area contributed by atoms with Gasteiger partial charge in [0.15, 0.2) is 0 Å². The molecular weight excluding hydrogens is 162 g/mol. The van der Waals surface area contributed by atoms with Gasteiger partial charge in [0, 0.05) is 11.5 Å². The summed E-state index contributed by atoms with van der Waals surface area (Å²) in [6, 6.07) is 10.1. The lowest BCUT2D eigenvalue weighted by molar-refractivity contribution is -0.327. The summed E-state index contributed by atoms with van der Waals surface area (Å²) in [5, 5.41) is 1.22. The fourth-order valence-electron chi connectivity index (χ4n) is 1.49. The first-order valence-corrected chi connectivity index (χ1v) is 4.19. The third kappa shape index (κ3) is 1.34. The number of nitrogens with one attached hydrogen (secondary N) is 2.